The van der Waals surface area contributed by atoms with Crippen LogP contribution in [0.4, 0.5) is 15.9 Å². The van der Waals surface area contributed by atoms with Crippen molar-refractivity contribution in [3.8, 4) is 0 Å². The molecular formula is C12H9ClFN3O. The molecule has 0 saturated heterocycles. The van der Waals surface area contributed by atoms with Gasteiger partial charge in [0.1, 0.15) is 11.6 Å². The Morgan fingerprint density at radius 2 is 2.11 bits per heavy atom. The van der Waals surface area contributed by atoms with Crippen LogP contribution in [-0.2, 0) is 0 Å². The van der Waals surface area contributed by atoms with E-state index in [1.54, 1.807) is 0 Å². The molecule has 2 rings (SSSR count). The minimum Gasteiger partial charge on any atom is -0.384 e. The van der Waals surface area contributed by atoms with Crippen molar-refractivity contribution in [3.05, 3.63) is 52.9 Å². The number of rotatable bonds is 2. The predicted octanol–water partition coefficient (Wildman–Crippen LogP) is 2.71. The average molecular weight is 266 g/mol. The van der Waals surface area contributed by atoms with Gasteiger partial charge in [-0.1, -0.05) is 11.6 Å². The first-order valence-corrected chi connectivity index (χ1v) is 5.42. The van der Waals surface area contributed by atoms with Crippen LogP contribution in [0.15, 0.2) is 36.5 Å². The zero-order valence-electron chi connectivity index (χ0n) is 9.15. The van der Waals surface area contributed by atoms with Gasteiger partial charge in [0.15, 0.2) is 0 Å². The highest BCUT2D eigenvalue weighted by Crippen LogP contribution is 2.22. The van der Waals surface area contributed by atoms with Crippen LogP contribution in [0.2, 0.25) is 5.02 Å². The Bertz CT molecular complexity index is 586. The van der Waals surface area contributed by atoms with Crippen molar-refractivity contribution in [2.24, 2.45) is 0 Å². The molecule has 1 aromatic heterocycles. The number of anilines is 2. The van der Waals surface area contributed by atoms with Crippen molar-refractivity contribution in [2.45, 2.75) is 0 Å². The Balaban J connectivity index is 2.21. The number of carbonyl (C=O) groups is 1. The molecule has 0 radical (unpaired) electrons. The van der Waals surface area contributed by atoms with Gasteiger partial charge in [-0.2, -0.15) is 0 Å². The molecule has 0 atom stereocenters. The zero-order valence-corrected chi connectivity index (χ0v) is 9.91. The topological polar surface area (TPSA) is 68.0 Å². The standard InChI is InChI=1S/C12H9ClFN3O/c13-9-3-2-8(14)5-10(9)17-12(18)7-1-4-11(15)16-6-7/h1-6H,(H2,15,16)(H,17,18). The molecule has 0 bridgehead atoms. The number of nitrogens with two attached hydrogens (primary N) is 1. The van der Waals surface area contributed by atoms with Crippen molar-refractivity contribution in [2.75, 3.05) is 11.1 Å². The maximum absolute atomic E-state index is 13.0. The molecule has 92 valence electrons. The van der Waals surface area contributed by atoms with Crippen LogP contribution >= 0.6 is 11.6 Å². The SMILES string of the molecule is Nc1ccc(C(=O)Nc2cc(F)ccc2Cl)cn1. The average Bonchev–Trinajstić information content (AvgIpc) is 2.34. The van der Waals surface area contributed by atoms with Gasteiger partial charge in [-0.15, -0.1) is 0 Å². The molecule has 1 aromatic carbocycles. The van der Waals surface area contributed by atoms with Crippen molar-refractivity contribution in [1.82, 2.24) is 4.98 Å². The molecule has 0 spiro atoms. The summed E-state index contributed by atoms with van der Waals surface area (Å²) in [6, 6.07) is 6.74. The van der Waals surface area contributed by atoms with Crippen LogP contribution in [0.1, 0.15) is 10.4 Å². The minimum absolute atomic E-state index is 0.207. The van der Waals surface area contributed by atoms with E-state index in [1.807, 2.05) is 0 Å². The number of benzene rings is 1. The van der Waals surface area contributed by atoms with Crippen LogP contribution in [0.5, 0.6) is 0 Å². The molecule has 0 aliphatic carbocycles. The molecule has 0 aliphatic rings. The van der Waals surface area contributed by atoms with E-state index in [0.717, 1.165) is 6.07 Å². The van der Waals surface area contributed by atoms with Gasteiger partial charge >= 0.3 is 0 Å². The Morgan fingerprint density at radius 3 is 2.78 bits per heavy atom. The van der Waals surface area contributed by atoms with Gasteiger partial charge < -0.3 is 11.1 Å². The molecule has 2 aromatic rings. The Labute approximate surface area is 108 Å². The lowest BCUT2D eigenvalue weighted by molar-refractivity contribution is 0.102. The van der Waals surface area contributed by atoms with E-state index in [4.69, 9.17) is 17.3 Å². The van der Waals surface area contributed by atoms with Gasteiger partial charge in [-0.3, -0.25) is 4.79 Å². The van der Waals surface area contributed by atoms with Gasteiger partial charge in [0.2, 0.25) is 0 Å². The normalized spacial score (nSPS) is 10.1. The minimum atomic E-state index is -0.481. The predicted molar refractivity (Wildman–Crippen MR) is 68.0 cm³/mol. The molecule has 6 heteroatoms. The molecular weight excluding hydrogens is 257 g/mol. The number of hydrogen-bond acceptors (Lipinski definition) is 3. The summed E-state index contributed by atoms with van der Waals surface area (Å²) >= 11 is 5.84. The number of aromatic nitrogens is 1. The number of amides is 1. The molecule has 0 saturated carbocycles. The summed E-state index contributed by atoms with van der Waals surface area (Å²) in [5.74, 6) is -0.601. The summed E-state index contributed by atoms with van der Waals surface area (Å²) in [6.07, 6.45) is 1.33. The second-order valence-electron chi connectivity index (χ2n) is 3.55. The summed E-state index contributed by atoms with van der Waals surface area (Å²) < 4.78 is 13.0. The largest absolute Gasteiger partial charge is 0.384 e. The lowest BCUT2D eigenvalue weighted by Gasteiger charge is -2.07. The second-order valence-corrected chi connectivity index (χ2v) is 3.96. The first-order chi connectivity index (χ1) is 8.56. The molecule has 1 amide bonds. The maximum atomic E-state index is 13.0. The number of carbonyl (C=O) groups excluding carboxylic acids is 1. The molecule has 0 aliphatic heterocycles. The fourth-order valence-corrected chi connectivity index (χ4v) is 1.49. The number of nitrogens with one attached hydrogen (secondary N) is 1. The van der Waals surface area contributed by atoms with E-state index in [1.165, 1.54) is 30.5 Å². The van der Waals surface area contributed by atoms with Gasteiger partial charge in [-0.05, 0) is 30.3 Å². The molecule has 0 fully saturated rings. The summed E-state index contributed by atoms with van der Waals surface area (Å²) in [5.41, 5.74) is 5.93. The monoisotopic (exact) mass is 265 g/mol. The van der Waals surface area contributed by atoms with Crippen LogP contribution < -0.4 is 11.1 Å². The van der Waals surface area contributed by atoms with Gasteiger partial charge in [0.25, 0.3) is 5.91 Å². The van der Waals surface area contributed by atoms with E-state index in [-0.39, 0.29) is 10.7 Å². The number of hydrogen-bond donors (Lipinski definition) is 2. The molecule has 0 unspecified atom stereocenters. The Hall–Kier alpha value is -2.14. The first-order valence-electron chi connectivity index (χ1n) is 5.04. The van der Waals surface area contributed by atoms with Crippen molar-refractivity contribution in [3.63, 3.8) is 0 Å². The van der Waals surface area contributed by atoms with E-state index in [9.17, 15) is 9.18 Å². The third-order valence-corrected chi connectivity index (χ3v) is 2.55. The maximum Gasteiger partial charge on any atom is 0.257 e. The fraction of sp³-hybridized carbons (Fsp3) is 0. The van der Waals surface area contributed by atoms with Crippen molar-refractivity contribution >= 4 is 29.0 Å². The second kappa shape index (κ2) is 5.01. The molecule has 4 nitrogen and oxygen atoms in total. The third-order valence-electron chi connectivity index (χ3n) is 2.23. The summed E-state index contributed by atoms with van der Waals surface area (Å²) in [6.45, 7) is 0. The summed E-state index contributed by atoms with van der Waals surface area (Å²) in [7, 11) is 0. The molecule has 1 heterocycles. The van der Waals surface area contributed by atoms with Crippen LogP contribution in [0, 0.1) is 5.82 Å². The fourth-order valence-electron chi connectivity index (χ4n) is 1.33. The van der Waals surface area contributed by atoms with E-state index in [2.05, 4.69) is 10.3 Å². The van der Waals surface area contributed by atoms with E-state index >= 15 is 0 Å². The van der Waals surface area contributed by atoms with E-state index in [0.29, 0.717) is 11.4 Å². The summed E-state index contributed by atoms with van der Waals surface area (Å²) in [5, 5.41) is 2.75. The third kappa shape index (κ3) is 2.75. The van der Waals surface area contributed by atoms with Crippen molar-refractivity contribution in [1.29, 1.82) is 0 Å². The number of pyridine rings is 1. The quantitative estimate of drug-likeness (QED) is 0.877. The van der Waals surface area contributed by atoms with Gasteiger partial charge in [-0.25, -0.2) is 9.37 Å². The Kier molecular flexibility index (Phi) is 3.43. The van der Waals surface area contributed by atoms with Crippen LogP contribution in [0.25, 0.3) is 0 Å². The lowest BCUT2D eigenvalue weighted by Crippen LogP contribution is -2.12. The van der Waals surface area contributed by atoms with E-state index < -0.39 is 11.7 Å². The lowest BCUT2D eigenvalue weighted by atomic mass is 10.2. The van der Waals surface area contributed by atoms with Crippen LogP contribution in [-0.4, -0.2) is 10.9 Å². The number of halogens is 2. The molecule has 18 heavy (non-hydrogen) atoms. The zero-order chi connectivity index (χ0) is 13.1. The smallest absolute Gasteiger partial charge is 0.257 e. The van der Waals surface area contributed by atoms with Gasteiger partial charge in [0, 0.05) is 6.20 Å². The highest BCUT2D eigenvalue weighted by atomic mass is 35.5. The first kappa shape index (κ1) is 12.3. The molecule has 3 N–H and O–H groups in total. The highest BCUT2D eigenvalue weighted by Gasteiger charge is 2.09. The summed E-state index contributed by atoms with van der Waals surface area (Å²) in [4.78, 5) is 15.6. The van der Waals surface area contributed by atoms with Gasteiger partial charge in [0.05, 0.1) is 16.3 Å². The van der Waals surface area contributed by atoms with Crippen LogP contribution in [0.3, 0.4) is 0 Å². The van der Waals surface area contributed by atoms with Crippen molar-refractivity contribution < 1.29 is 9.18 Å². The number of nitrogen functional groups attached to an aromatic ring is 1. The highest BCUT2D eigenvalue weighted by molar-refractivity contribution is 6.33. The Morgan fingerprint density at radius 1 is 1.33 bits per heavy atom. The number of nitrogens with zero attached hydrogens (tertiary/aromatic N) is 1.